The van der Waals surface area contributed by atoms with Crippen molar-refractivity contribution in [2.45, 2.75) is 23.8 Å². The van der Waals surface area contributed by atoms with Crippen molar-refractivity contribution in [3.63, 3.8) is 0 Å². The van der Waals surface area contributed by atoms with Crippen molar-refractivity contribution in [2.75, 3.05) is 11.6 Å². The predicted molar refractivity (Wildman–Crippen MR) is 55.7 cm³/mol. The Morgan fingerprint density at radius 2 is 2.13 bits per heavy atom. The van der Waals surface area contributed by atoms with Crippen LogP contribution in [0.15, 0.2) is 17.0 Å². The fraction of sp³-hybridized carbons (Fsp3) is 0.400. The molecule has 0 amide bonds. The van der Waals surface area contributed by atoms with Gasteiger partial charge in [0.15, 0.2) is 11.6 Å². The number of rotatable bonds is 1. The molecule has 80 valence electrons. The first-order valence-electron chi connectivity index (χ1n) is 4.91. The van der Waals surface area contributed by atoms with Gasteiger partial charge in [-0.25, -0.2) is 13.5 Å². The lowest BCUT2D eigenvalue weighted by Gasteiger charge is -2.31. The quantitative estimate of drug-likeness (QED) is 0.743. The van der Waals surface area contributed by atoms with E-state index in [1.165, 1.54) is 18.0 Å². The van der Waals surface area contributed by atoms with Crippen LogP contribution in [0.5, 0.6) is 0 Å². The van der Waals surface area contributed by atoms with Gasteiger partial charge in [0.05, 0.1) is 17.3 Å². The van der Waals surface area contributed by atoms with Crippen LogP contribution in [-0.2, 0) is 0 Å². The van der Waals surface area contributed by atoms with Crippen molar-refractivity contribution in [2.24, 2.45) is 0 Å². The number of fused-ring (bicyclic) bond motifs is 1. The molecule has 2 nitrogen and oxygen atoms in total. The summed E-state index contributed by atoms with van der Waals surface area (Å²) in [5, 5.41) is 0. The first-order valence-corrected chi connectivity index (χ1v) is 5.73. The van der Waals surface area contributed by atoms with Crippen LogP contribution < -0.4 is 9.62 Å². The Morgan fingerprint density at radius 1 is 1.33 bits per heavy atom. The number of anilines is 1. The van der Waals surface area contributed by atoms with Crippen molar-refractivity contribution in [1.29, 1.82) is 0 Å². The first kappa shape index (κ1) is 9.42. The van der Waals surface area contributed by atoms with E-state index < -0.39 is 11.6 Å². The molecular formula is C10H10F2N2S. The number of hydrogen-bond donors (Lipinski definition) is 1. The van der Waals surface area contributed by atoms with E-state index >= 15 is 0 Å². The second-order valence-electron chi connectivity index (χ2n) is 3.82. The first-order chi connectivity index (χ1) is 7.27. The lowest BCUT2D eigenvalue weighted by atomic mass is 10.2. The average molecular weight is 228 g/mol. The maximum absolute atomic E-state index is 13.5. The molecule has 0 saturated heterocycles. The third-order valence-corrected chi connectivity index (χ3v) is 3.60. The molecular weight excluding hydrogens is 218 g/mol. The second-order valence-corrected chi connectivity index (χ2v) is 4.72. The van der Waals surface area contributed by atoms with Gasteiger partial charge in [0.1, 0.15) is 0 Å². The third kappa shape index (κ3) is 1.50. The monoisotopic (exact) mass is 228 g/mol. The Balaban J connectivity index is 2.07. The molecule has 5 heteroatoms. The Kier molecular flexibility index (Phi) is 2.10. The van der Waals surface area contributed by atoms with Gasteiger partial charge in [-0.3, -0.25) is 0 Å². The van der Waals surface area contributed by atoms with E-state index in [4.69, 9.17) is 0 Å². The summed E-state index contributed by atoms with van der Waals surface area (Å²) in [5.41, 5.74) is 0.820. The van der Waals surface area contributed by atoms with Gasteiger partial charge in [-0.15, -0.1) is 0 Å². The SMILES string of the molecule is Fc1ccc2c(c1F)SNCN2C1CC1. The summed E-state index contributed by atoms with van der Waals surface area (Å²) in [4.78, 5) is 2.49. The molecule has 1 aromatic rings. The second kappa shape index (κ2) is 3.35. The lowest BCUT2D eigenvalue weighted by Crippen LogP contribution is -2.36. The van der Waals surface area contributed by atoms with Crippen molar-refractivity contribution in [3.8, 4) is 0 Å². The molecule has 0 bridgehead atoms. The molecule has 2 aliphatic rings. The lowest BCUT2D eigenvalue weighted by molar-refractivity contribution is 0.489. The molecule has 1 heterocycles. The molecule has 1 aliphatic carbocycles. The van der Waals surface area contributed by atoms with E-state index in [2.05, 4.69) is 9.62 Å². The molecule has 15 heavy (non-hydrogen) atoms. The van der Waals surface area contributed by atoms with Crippen LogP contribution in [0.2, 0.25) is 0 Å². The zero-order chi connectivity index (χ0) is 10.4. The molecule has 1 N–H and O–H groups in total. The minimum absolute atomic E-state index is 0.383. The van der Waals surface area contributed by atoms with Crippen molar-refractivity contribution in [1.82, 2.24) is 4.72 Å². The fourth-order valence-electron chi connectivity index (χ4n) is 1.82. The van der Waals surface area contributed by atoms with Crippen LogP contribution in [0, 0.1) is 11.6 Å². The topological polar surface area (TPSA) is 15.3 Å². The van der Waals surface area contributed by atoms with Crippen LogP contribution >= 0.6 is 11.9 Å². The average Bonchev–Trinajstić information content (AvgIpc) is 3.07. The summed E-state index contributed by atoms with van der Waals surface area (Å²) in [6.07, 6.45) is 2.29. The Labute approximate surface area is 90.8 Å². The van der Waals surface area contributed by atoms with Gasteiger partial charge in [-0.1, -0.05) is 0 Å². The van der Waals surface area contributed by atoms with Crippen LogP contribution in [0.25, 0.3) is 0 Å². The van der Waals surface area contributed by atoms with Crippen molar-refractivity contribution >= 4 is 17.6 Å². The normalized spacial score (nSPS) is 20.3. The largest absolute Gasteiger partial charge is 0.354 e. The standard InChI is InChI=1S/C10H10F2N2S/c11-7-3-4-8-10(9(7)12)15-13-5-14(8)6-1-2-6/h3-4,6,13H,1-2,5H2. The van der Waals surface area contributed by atoms with Gasteiger partial charge in [-0.2, -0.15) is 0 Å². The maximum Gasteiger partial charge on any atom is 0.175 e. The molecule has 1 saturated carbocycles. The van der Waals surface area contributed by atoms with Gasteiger partial charge in [0.2, 0.25) is 0 Å². The number of halogens is 2. The molecule has 1 fully saturated rings. The highest BCUT2D eigenvalue weighted by molar-refractivity contribution is 7.97. The molecule has 0 aromatic heterocycles. The van der Waals surface area contributed by atoms with Gasteiger partial charge < -0.3 is 4.90 Å². The van der Waals surface area contributed by atoms with Gasteiger partial charge in [0.25, 0.3) is 0 Å². The minimum Gasteiger partial charge on any atom is -0.354 e. The maximum atomic E-state index is 13.5. The molecule has 0 radical (unpaired) electrons. The molecule has 1 aromatic carbocycles. The summed E-state index contributed by atoms with van der Waals surface area (Å²) in [6, 6.07) is 3.37. The van der Waals surface area contributed by atoms with E-state index in [0.717, 1.165) is 18.5 Å². The van der Waals surface area contributed by atoms with E-state index in [1.54, 1.807) is 6.07 Å². The highest BCUT2D eigenvalue weighted by Gasteiger charge is 2.33. The Bertz CT molecular complexity index is 407. The minimum atomic E-state index is -0.777. The summed E-state index contributed by atoms with van der Waals surface area (Å²) in [6.45, 7) is 0.702. The Hall–Kier alpha value is -0.810. The van der Waals surface area contributed by atoms with Gasteiger partial charge in [-0.05, 0) is 36.9 Å². The molecule has 3 rings (SSSR count). The van der Waals surface area contributed by atoms with E-state index in [0.29, 0.717) is 17.6 Å². The molecule has 0 atom stereocenters. The smallest absolute Gasteiger partial charge is 0.175 e. The van der Waals surface area contributed by atoms with Crippen molar-refractivity contribution < 1.29 is 8.78 Å². The van der Waals surface area contributed by atoms with Gasteiger partial charge >= 0.3 is 0 Å². The highest BCUT2D eigenvalue weighted by Crippen LogP contribution is 2.40. The molecule has 0 spiro atoms. The molecule has 0 unspecified atom stereocenters. The summed E-state index contributed by atoms with van der Waals surface area (Å²) >= 11 is 1.17. The summed E-state index contributed by atoms with van der Waals surface area (Å²) < 4.78 is 29.5. The third-order valence-electron chi connectivity index (χ3n) is 2.74. The van der Waals surface area contributed by atoms with Crippen LogP contribution in [0.3, 0.4) is 0 Å². The zero-order valence-electron chi connectivity index (χ0n) is 7.96. The highest BCUT2D eigenvalue weighted by atomic mass is 32.2. The van der Waals surface area contributed by atoms with Crippen LogP contribution in [0.1, 0.15) is 12.8 Å². The zero-order valence-corrected chi connectivity index (χ0v) is 8.78. The fourth-order valence-corrected chi connectivity index (χ4v) is 2.64. The van der Waals surface area contributed by atoms with Gasteiger partial charge in [0, 0.05) is 6.04 Å². The van der Waals surface area contributed by atoms with Crippen LogP contribution in [0.4, 0.5) is 14.5 Å². The summed E-state index contributed by atoms with van der Waals surface area (Å²) in [7, 11) is 0. The van der Waals surface area contributed by atoms with E-state index in [1.807, 2.05) is 0 Å². The Morgan fingerprint density at radius 3 is 2.87 bits per heavy atom. The van der Waals surface area contributed by atoms with E-state index in [9.17, 15) is 8.78 Å². The van der Waals surface area contributed by atoms with Crippen molar-refractivity contribution in [3.05, 3.63) is 23.8 Å². The summed E-state index contributed by atoms with van der Waals surface area (Å²) in [5.74, 6) is -1.52. The number of hydrogen-bond acceptors (Lipinski definition) is 3. The van der Waals surface area contributed by atoms with E-state index in [-0.39, 0.29) is 0 Å². The molecule has 1 aliphatic heterocycles. The van der Waals surface area contributed by atoms with Crippen LogP contribution in [-0.4, -0.2) is 12.7 Å². The number of benzene rings is 1. The number of nitrogens with zero attached hydrogens (tertiary/aromatic N) is 1. The number of nitrogens with one attached hydrogen (secondary N) is 1. The predicted octanol–water partition coefficient (Wildman–Crippen LogP) is 2.50.